The number of carbonyl (C=O) groups is 1. The quantitative estimate of drug-likeness (QED) is 0.490. The molecule has 0 aromatic heterocycles. The third kappa shape index (κ3) is 6.87. The largest absolute Gasteiger partial charge is 0.494 e. The fourth-order valence-electron chi connectivity index (χ4n) is 2.34. The monoisotopic (exact) mass is 318 g/mol. The van der Waals surface area contributed by atoms with Gasteiger partial charge in [-0.1, -0.05) is 30.4 Å². The van der Waals surface area contributed by atoms with Crippen LogP contribution in [-0.4, -0.2) is 55.0 Å². The van der Waals surface area contributed by atoms with Crippen LogP contribution in [0.4, 0.5) is 0 Å². The molecule has 128 valence electrons. The van der Waals surface area contributed by atoms with Gasteiger partial charge >= 0.3 is 0 Å². The molecule has 23 heavy (non-hydrogen) atoms. The molecule has 0 fully saturated rings. The normalized spacial score (nSPS) is 12.0. The van der Waals surface area contributed by atoms with E-state index in [1.165, 1.54) is 0 Å². The van der Waals surface area contributed by atoms with Gasteiger partial charge in [0.1, 0.15) is 5.75 Å². The van der Waals surface area contributed by atoms with E-state index in [0.717, 1.165) is 24.3 Å². The van der Waals surface area contributed by atoms with Crippen LogP contribution >= 0.6 is 0 Å². The molecule has 1 atom stereocenters. The van der Waals surface area contributed by atoms with Crippen molar-refractivity contribution >= 4 is 5.91 Å². The number of rotatable bonds is 10. The zero-order valence-corrected chi connectivity index (χ0v) is 14.9. The van der Waals surface area contributed by atoms with Crippen molar-refractivity contribution in [1.29, 1.82) is 0 Å². The number of para-hydroxylation sites is 1. The van der Waals surface area contributed by atoms with Gasteiger partial charge in [0.05, 0.1) is 12.6 Å². The molecule has 1 rings (SSSR count). The van der Waals surface area contributed by atoms with Crippen LogP contribution < -0.4 is 4.74 Å². The summed E-state index contributed by atoms with van der Waals surface area (Å²) in [5.41, 5.74) is 1.01. The summed E-state index contributed by atoms with van der Waals surface area (Å²) in [5.74, 6) is 1.04. The molecule has 0 heterocycles. The first-order valence-electron chi connectivity index (χ1n) is 8.27. The lowest BCUT2D eigenvalue weighted by Crippen LogP contribution is -2.46. The highest BCUT2D eigenvalue weighted by atomic mass is 16.5. The van der Waals surface area contributed by atoms with Crippen LogP contribution in [-0.2, 0) is 4.79 Å². The fourth-order valence-corrected chi connectivity index (χ4v) is 2.34. The van der Waals surface area contributed by atoms with E-state index in [2.05, 4.69) is 11.5 Å². The summed E-state index contributed by atoms with van der Waals surface area (Å²) < 4.78 is 5.68. The molecule has 0 aliphatic rings. The smallest absolute Gasteiger partial charge is 0.239 e. The Morgan fingerprint density at radius 3 is 2.52 bits per heavy atom. The Labute approximate surface area is 140 Å². The molecular formula is C19H30N2O2. The van der Waals surface area contributed by atoms with Crippen molar-refractivity contribution in [3.05, 3.63) is 42.5 Å². The lowest BCUT2D eigenvalue weighted by molar-refractivity contribution is -0.135. The van der Waals surface area contributed by atoms with Gasteiger partial charge in [-0.3, -0.25) is 9.69 Å². The first-order valence-corrected chi connectivity index (χ1v) is 8.27. The maximum absolute atomic E-state index is 12.5. The Morgan fingerprint density at radius 1 is 1.30 bits per heavy atom. The molecule has 0 N–H and O–H groups in total. The van der Waals surface area contributed by atoms with E-state index >= 15 is 0 Å². The second-order valence-corrected chi connectivity index (χ2v) is 5.98. The zero-order valence-electron chi connectivity index (χ0n) is 14.9. The molecule has 0 bridgehead atoms. The molecule has 1 aromatic carbocycles. The van der Waals surface area contributed by atoms with Gasteiger partial charge in [0, 0.05) is 19.6 Å². The number of nitrogens with zero attached hydrogens (tertiary/aromatic N) is 2. The summed E-state index contributed by atoms with van der Waals surface area (Å²) in [6.45, 7) is 12.6. The highest BCUT2D eigenvalue weighted by molar-refractivity contribution is 5.81. The van der Waals surface area contributed by atoms with E-state index in [9.17, 15) is 4.79 Å². The van der Waals surface area contributed by atoms with Crippen LogP contribution in [0.1, 0.15) is 27.2 Å². The summed E-state index contributed by atoms with van der Waals surface area (Å²) in [4.78, 5) is 16.4. The summed E-state index contributed by atoms with van der Waals surface area (Å²) in [7, 11) is 1.99. The lowest BCUT2D eigenvalue weighted by atomic mass is 10.2. The molecule has 0 saturated heterocycles. The molecule has 0 saturated carbocycles. The van der Waals surface area contributed by atoms with Crippen molar-refractivity contribution in [2.24, 2.45) is 0 Å². The molecule has 0 spiro atoms. The molecule has 4 heteroatoms. The molecule has 1 amide bonds. The summed E-state index contributed by atoms with van der Waals surface area (Å²) in [6.07, 6.45) is 0.885. The SMILES string of the molecule is C=C(C)CN(CC)C(=O)[C@H](C)N(C)CCCOc1ccccc1. The number of carbonyl (C=O) groups excluding carboxylic acids is 1. The minimum Gasteiger partial charge on any atom is -0.494 e. The maximum Gasteiger partial charge on any atom is 0.239 e. The fraction of sp³-hybridized carbons (Fsp3) is 0.526. The van der Waals surface area contributed by atoms with Crippen LogP contribution in [0.25, 0.3) is 0 Å². The second-order valence-electron chi connectivity index (χ2n) is 5.98. The van der Waals surface area contributed by atoms with Crippen molar-refractivity contribution in [2.75, 3.05) is 33.3 Å². The Bertz CT molecular complexity index is 487. The zero-order chi connectivity index (χ0) is 17.2. The number of hydrogen-bond donors (Lipinski definition) is 0. The van der Waals surface area contributed by atoms with Gasteiger partial charge in [0.25, 0.3) is 0 Å². The summed E-state index contributed by atoms with van der Waals surface area (Å²) >= 11 is 0. The van der Waals surface area contributed by atoms with Gasteiger partial charge in [-0.25, -0.2) is 0 Å². The lowest BCUT2D eigenvalue weighted by Gasteiger charge is -2.30. The van der Waals surface area contributed by atoms with Gasteiger partial charge in [0.15, 0.2) is 0 Å². The van der Waals surface area contributed by atoms with Crippen molar-refractivity contribution in [3.63, 3.8) is 0 Å². The Kier molecular flexibility index (Phi) is 8.41. The Hall–Kier alpha value is -1.81. The van der Waals surface area contributed by atoms with E-state index in [0.29, 0.717) is 19.7 Å². The average Bonchev–Trinajstić information content (AvgIpc) is 2.55. The highest BCUT2D eigenvalue weighted by Crippen LogP contribution is 2.09. The number of likely N-dealkylation sites (N-methyl/N-ethyl adjacent to an activating group) is 2. The maximum atomic E-state index is 12.5. The molecule has 1 aromatic rings. The molecule has 4 nitrogen and oxygen atoms in total. The third-order valence-electron chi connectivity index (χ3n) is 3.84. The van der Waals surface area contributed by atoms with Crippen molar-refractivity contribution in [1.82, 2.24) is 9.80 Å². The predicted molar refractivity (Wildman–Crippen MR) is 95.7 cm³/mol. The molecule has 0 radical (unpaired) electrons. The minimum absolute atomic E-state index is 0.133. The Morgan fingerprint density at radius 2 is 1.96 bits per heavy atom. The van der Waals surface area contributed by atoms with Crippen LogP contribution in [0.2, 0.25) is 0 Å². The minimum atomic E-state index is -0.133. The Balaban J connectivity index is 2.36. The molecular weight excluding hydrogens is 288 g/mol. The van der Waals surface area contributed by atoms with Gasteiger partial charge in [0.2, 0.25) is 5.91 Å². The van der Waals surface area contributed by atoms with Crippen LogP contribution in [0.3, 0.4) is 0 Å². The molecule has 0 unspecified atom stereocenters. The highest BCUT2D eigenvalue weighted by Gasteiger charge is 2.22. The van der Waals surface area contributed by atoms with Gasteiger partial charge in [-0.05, 0) is 46.4 Å². The first kappa shape index (κ1) is 19.2. The standard InChI is InChI=1S/C19H30N2O2/c1-6-21(15-16(2)3)19(22)17(4)20(5)13-10-14-23-18-11-8-7-9-12-18/h7-9,11-12,17H,2,6,10,13-15H2,1,3-5H3/t17-/m0/s1. The number of ether oxygens (including phenoxy) is 1. The van der Waals surface area contributed by atoms with Crippen molar-refractivity contribution < 1.29 is 9.53 Å². The third-order valence-corrected chi connectivity index (χ3v) is 3.84. The van der Waals surface area contributed by atoms with Crippen LogP contribution in [0.15, 0.2) is 42.5 Å². The number of benzene rings is 1. The van der Waals surface area contributed by atoms with E-state index in [4.69, 9.17) is 4.74 Å². The first-order chi connectivity index (χ1) is 11.0. The topological polar surface area (TPSA) is 32.8 Å². The van der Waals surface area contributed by atoms with E-state index in [1.807, 2.05) is 63.1 Å². The second kappa shape index (κ2) is 10.1. The van der Waals surface area contributed by atoms with Crippen LogP contribution in [0.5, 0.6) is 5.75 Å². The summed E-state index contributed by atoms with van der Waals surface area (Å²) in [6, 6.07) is 9.66. The van der Waals surface area contributed by atoms with E-state index in [-0.39, 0.29) is 11.9 Å². The summed E-state index contributed by atoms with van der Waals surface area (Å²) in [5, 5.41) is 0. The molecule has 0 aliphatic heterocycles. The number of hydrogen-bond acceptors (Lipinski definition) is 3. The van der Waals surface area contributed by atoms with E-state index < -0.39 is 0 Å². The number of amides is 1. The molecule has 0 aliphatic carbocycles. The average molecular weight is 318 g/mol. The van der Waals surface area contributed by atoms with Crippen molar-refractivity contribution in [2.45, 2.75) is 33.2 Å². The van der Waals surface area contributed by atoms with Gasteiger partial charge in [-0.2, -0.15) is 0 Å². The van der Waals surface area contributed by atoms with Crippen LogP contribution in [0, 0.1) is 0 Å². The van der Waals surface area contributed by atoms with Gasteiger partial charge < -0.3 is 9.64 Å². The van der Waals surface area contributed by atoms with Crippen molar-refractivity contribution in [3.8, 4) is 5.75 Å². The van der Waals surface area contributed by atoms with Gasteiger partial charge in [-0.15, -0.1) is 0 Å². The predicted octanol–water partition coefficient (Wildman–Crippen LogP) is 3.20. The van der Waals surface area contributed by atoms with E-state index in [1.54, 1.807) is 0 Å².